The van der Waals surface area contributed by atoms with Crippen molar-refractivity contribution in [2.24, 2.45) is 5.92 Å². The minimum absolute atomic E-state index is 0.119. The Morgan fingerprint density at radius 1 is 1.20 bits per heavy atom. The number of ether oxygens (including phenoxy) is 3. The lowest BCUT2D eigenvalue weighted by Gasteiger charge is -2.18. The van der Waals surface area contributed by atoms with Gasteiger partial charge in [-0.2, -0.15) is 0 Å². The Balaban J connectivity index is 1.62. The maximum Gasteiger partial charge on any atom is 0.414 e. The molecule has 1 unspecified atom stereocenters. The number of carbonyl (C=O) groups excluding carboxylic acids is 3. The van der Waals surface area contributed by atoms with Gasteiger partial charge in [0.05, 0.1) is 12.2 Å². The summed E-state index contributed by atoms with van der Waals surface area (Å²) in [7, 11) is 0. The van der Waals surface area contributed by atoms with Crippen molar-refractivity contribution in [1.29, 1.82) is 0 Å². The fraction of sp³-hybridized carbons (Fsp3) is 0.381. The SMILES string of the molecule is CCOC(=O)NC(=O)c1c(NC(=O)c2ccc3c(c2)OCO3)sc2c1CCC(C)C2. The lowest BCUT2D eigenvalue weighted by molar-refractivity contribution is 0.0925. The van der Waals surface area contributed by atoms with Crippen LogP contribution in [0.3, 0.4) is 0 Å². The summed E-state index contributed by atoms with van der Waals surface area (Å²) in [4.78, 5) is 38.5. The molecule has 0 spiro atoms. The Morgan fingerprint density at radius 3 is 2.80 bits per heavy atom. The van der Waals surface area contributed by atoms with Crippen LogP contribution in [-0.2, 0) is 17.6 Å². The highest BCUT2D eigenvalue weighted by molar-refractivity contribution is 7.17. The Labute approximate surface area is 177 Å². The summed E-state index contributed by atoms with van der Waals surface area (Å²) in [6, 6.07) is 4.91. The average Bonchev–Trinajstić information content (AvgIpc) is 3.30. The van der Waals surface area contributed by atoms with Crippen LogP contribution in [0.5, 0.6) is 11.5 Å². The molecule has 1 atom stereocenters. The highest BCUT2D eigenvalue weighted by atomic mass is 32.1. The number of hydrogen-bond acceptors (Lipinski definition) is 7. The molecule has 1 aromatic heterocycles. The van der Waals surface area contributed by atoms with Crippen molar-refractivity contribution in [3.05, 3.63) is 39.8 Å². The maximum absolute atomic E-state index is 12.9. The van der Waals surface area contributed by atoms with E-state index in [2.05, 4.69) is 17.6 Å². The molecule has 3 amide bonds. The molecule has 9 heteroatoms. The summed E-state index contributed by atoms with van der Waals surface area (Å²) >= 11 is 1.38. The molecule has 0 saturated carbocycles. The molecular formula is C21H22N2O6S. The second-order valence-electron chi connectivity index (χ2n) is 7.25. The summed E-state index contributed by atoms with van der Waals surface area (Å²) in [6.45, 7) is 4.10. The molecule has 2 aromatic rings. The number of anilines is 1. The predicted molar refractivity (Wildman–Crippen MR) is 111 cm³/mol. The topological polar surface area (TPSA) is 103 Å². The van der Waals surface area contributed by atoms with E-state index in [1.165, 1.54) is 11.3 Å². The zero-order valence-corrected chi connectivity index (χ0v) is 17.5. The van der Waals surface area contributed by atoms with Gasteiger partial charge in [-0.1, -0.05) is 6.92 Å². The molecule has 158 valence electrons. The van der Waals surface area contributed by atoms with Crippen LogP contribution in [0.4, 0.5) is 9.80 Å². The van der Waals surface area contributed by atoms with Crippen LogP contribution in [0.2, 0.25) is 0 Å². The Hall–Kier alpha value is -3.07. The smallest absolute Gasteiger partial charge is 0.414 e. The van der Waals surface area contributed by atoms with E-state index < -0.39 is 12.0 Å². The van der Waals surface area contributed by atoms with Crippen LogP contribution in [0, 0.1) is 5.92 Å². The Kier molecular flexibility index (Phi) is 5.63. The van der Waals surface area contributed by atoms with Crippen molar-refractivity contribution in [3.63, 3.8) is 0 Å². The van der Waals surface area contributed by atoms with Crippen molar-refractivity contribution < 1.29 is 28.6 Å². The fourth-order valence-corrected chi connectivity index (χ4v) is 5.02. The van der Waals surface area contributed by atoms with Gasteiger partial charge in [-0.15, -0.1) is 11.3 Å². The van der Waals surface area contributed by atoms with Gasteiger partial charge in [0.25, 0.3) is 11.8 Å². The van der Waals surface area contributed by atoms with Crippen LogP contribution >= 0.6 is 11.3 Å². The Bertz CT molecular complexity index is 1020. The van der Waals surface area contributed by atoms with Gasteiger partial charge in [0.2, 0.25) is 6.79 Å². The van der Waals surface area contributed by atoms with Gasteiger partial charge in [-0.25, -0.2) is 4.79 Å². The molecule has 30 heavy (non-hydrogen) atoms. The van der Waals surface area contributed by atoms with Gasteiger partial charge in [0, 0.05) is 10.4 Å². The summed E-state index contributed by atoms with van der Waals surface area (Å²) in [5, 5.41) is 5.53. The van der Waals surface area contributed by atoms with Gasteiger partial charge in [0.15, 0.2) is 11.5 Å². The number of imide groups is 1. The fourth-order valence-electron chi connectivity index (χ4n) is 3.61. The molecule has 4 rings (SSSR count). The summed E-state index contributed by atoms with van der Waals surface area (Å²) in [5.41, 5.74) is 1.61. The van der Waals surface area contributed by atoms with E-state index in [1.807, 2.05) is 0 Å². The van der Waals surface area contributed by atoms with E-state index in [-0.39, 0.29) is 19.3 Å². The number of benzene rings is 1. The van der Waals surface area contributed by atoms with E-state index in [0.29, 0.717) is 33.5 Å². The van der Waals surface area contributed by atoms with Crippen molar-refractivity contribution in [2.45, 2.75) is 33.1 Å². The van der Waals surface area contributed by atoms with Crippen molar-refractivity contribution in [2.75, 3.05) is 18.7 Å². The molecule has 1 aliphatic carbocycles. The van der Waals surface area contributed by atoms with E-state index in [0.717, 1.165) is 29.7 Å². The minimum Gasteiger partial charge on any atom is -0.454 e. The maximum atomic E-state index is 12.9. The normalized spacial score (nSPS) is 16.5. The van der Waals surface area contributed by atoms with Gasteiger partial charge in [-0.05, 0) is 55.9 Å². The first-order valence-corrected chi connectivity index (χ1v) is 10.6. The van der Waals surface area contributed by atoms with Gasteiger partial charge in [0.1, 0.15) is 5.00 Å². The van der Waals surface area contributed by atoms with Crippen LogP contribution < -0.4 is 20.1 Å². The number of fused-ring (bicyclic) bond motifs is 2. The first kappa shape index (κ1) is 20.2. The van der Waals surface area contributed by atoms with Crippen molar-refractivity contribution in [3.8, 4) is 11.5 Å². The number of carbonyl (C=O) groups is 3. The van der Waals surface area contributed by atoms with Gasteiger partial charge < -0.3 is 19.5 Å². The molecule has 8 nitrogen and oxygen atoms in total. The molecule has 0 bridgehead atoms. The van der Waals surface area contributed by atoms with E-state index >= 15 is 0 Å². The third-order valence-corrected chi connectivity index (χ3v) is 6.26. The zero-order valence-electron chi connectivity index (χ0n) is 16.7. The molecular weight excluding hydrogens is 408 g/mol. The summed E-state index contributed by atoms with van der Waals surface area (Å²) < 4.78 is 15.4. The number of nitrogens with one attached hydrogen (secondary N) is 2. The number of amides is 3. The predicted octanol–water partition coefficient (Wildman–Crippen LogP) is 3.74. The van der Waals surface area contributed by atoms with Crippen LogP contribution in [0.1, 0.15) is 51.4 Å². The molecule has 1 aromatic carbocycles. The summed E-state index contributed by atoms with van der Waals surface area (Å²) in [6.07, 6.45) is 1.69. The van der Waals surface area contributed by atoms with Gasteiger partial charge >= 0.3 is 6.09 Å². The zero-order chi connectivity index (χ0) is 21.3. The van der Waals surface area contributed by atoms with E-state index in [9.17, 15) is 14.4 Å². The monoisotopic (exact) mass is 430 g/mol. The molecule has 1 aliphatic heterocycles. The van der Waals surface area contributed by atoms with Crippen molar-refractivity contribution in [1.82, 2.24) is 5.32 Å². The highest BCUT2D eigenvalue weighted by Crippen LogP contribution is 2.40. The van der Waals surface area contributed by atoms with Crippen molar-refractivity contribution >= 4 is 34.2 Å². The summed E-state index contributed by atoms with van der Waals surface area (Å²) in [5.74, 6) is 0.644. The minimum atomic E-state index is -0.806. The van der Waals surface area contributed by atoms with Crippen LogP contribution in [-0.4, -0.2) is 31.3 Å². The number of alkyl carbamates (subject to hydrolysis) is 1. The third kappa shape index (κ3) is 3.97. The van der Waals surface area contributed by atoms with Crippen LogP contribution in [0.15, 0.2) is 18.2 Å². The number of rotatable bonds is 4. The molecule has 2 N–H and O–H groups in total. The van der Waals surface area contributed by atoms with Gasteiger partial charge in [-0.3, -0.25) is 14.9 Å². The molecule has 0 saturated heterocycles. The number of hydrogen-bond donors (Lipinski definition) is 2. The lowest BCUT2D eigenvalue weighted by atomic mass is 9.88. The first-order valence-electron chi connectivity index (χ1n) is 9.80. The molecule has 0 fully saturated rings. The first-order chi connectivity index (χ1) is 14.5. The second kappa shape index (κ2) is 8.35. The average molecular weight is 430 g/mol. The lowest BCUT2D eigenvalue weighted by Crippen LogP contribution is -2.32. The second-order valence-corrected chi connectivity index (χ2v) is 8.36. The molecule has 2 aliphatic rings. The largest absolute Gasteiger partial charge is 0.454 e. The Morgan fingerprint density at radius 2 is 2.00 bits per heavy atom. The highest BCUT2D eigenvalue weighted by Gasteiger charge is 2.29. The van der Waals surface area contributed by atoms with E-state index in [1.54, 1.807) is 25.1 Å². The molecule has 0 radical (unpaired) electrons. The number of thiophene rings is 1. The third-order valence-electron chi connectivity index (χ3n) is 5.09. The standard InChI is InChI=1S/C21H22N2O6S/c1-3-27-21(26)23-19(25)17-13-6-4-11(2)8-16(13)30-20(17)22-18(24)12-5-7-14-15(9-12)29-10-28-14/h5,7,9,11H,3-4,6,8,10H2,1-2H3,(H,22,24)(H,23,25,26). The van der Waals surface area contributed by atoms with Crippen LogP contribution in [0.25, 0.3) is 0 Å². The van der Waals surface area contributed by atoms with E-state index in [4.69, 9.17) is 14.2 Å². The molecule has 2 heterocycles. The quantitative estimate of drug-likeness (QED) is 0.766.